The molecule has 0 bridgehead atoms. The lowest BCUT2D eigenvalue weighted by molar-refractivity contribution is -0.385. The summed E-state index contributed by atoms with van der Waals surface area (Å²) in [5, 5.41) is 13.0. The molecule has 110 valence electrons. The van der Waals surface area contributed by atoms with Gasteiger partial charge >= 0.3 is 5.69 Å². The van der Waals surface area contributed by atoms with E-state index in [1.54, 1.807) is 18.2 Å². The summed E-state index contributed by atoms with van der Waals surface area (Å²) in [6, 6.07) is 8.68. The Kier molecular flexibility index (Phi) is 4.17. The first-order chi connectivity index (χ1) is 10.2. The molecule has 1 aromatic carbocycles. The molecule has 2 aromatic rings. The van der Waals surface area contributed by atoms with Gasteiger partial charge in [-0.2, -0.15) is 0 Å². The average molecular weight is 304 g/mol. The molecule has 0 fully saturated rings. The molecule has 0 unspecified atom stereocenters. The Bertz CT molecular complexity index is 641. The molecule has 1 aromatic heterocycles. The van der Waals surface area contributed by atoms with Crippen molar-refractivity contribution >= 4 is 17.0 Å². The van der Waals surface area contributed by atoms with E-state index in [2.05, 4.69) is 16.3 Å². The van der Waals surface area contributed by atoms with Gasteiger partial charge in [-0.3, -0.25) is 15.0 Å². The summed E-state index contributed by atoms with van der Waals surface area (Å²) in [4.78, 5) is 14.3. The number of nitro benzene ring substituents is 1. The highest BCUT2D eigenvalue weighted by Gasteiger charge is 2.18. The lowest BCUT2D eigenvalue weighted by atomic mass is 10.1. The van der Waals surface area contributed by atoms with E-state index in [9.17, 15) is 10.1 Å². The zero-order valence-electron chi connectivity index (χ0n) is 11.5. The highest BCUT2D eigenvalue weighted by Crippen LogP contribution is 2.26. The summed E-state index contributed by atoms with van der Waals surface area (Å²) in [6.45, 7) is 3.21. The standard InChI is InChI=1S/C15H16N2O3S/c18-17(19)13-3-1-2-4-14(13)20-9-8-16-7-5-15-12(11-16)6-10-21-15/h1-4,6,10H,5,7-9,11H2. The molecular weight excluding hydrogens is 288 g/mol. The minimum atomic E-state index is -0.409. The van der Waals surface area contributed by atoms with Crippen LogP contribution in [0, 0.1) is 10.1 Å². The fraction of sp³-hybridized carbons (Fsp3) is 0.333. The first-order valence-electron chi connectivity index (χ1n) is 6.88. The van der Waals surface area contributed by atoms with Crippen LogP contribution in [0.3, 0.4) is 0 Å². The molecule has 5 nitrogen and oxygen atoms in total. The maximum Gasteiger partial charge on any atom is 0.310 e. The summed E-state index contributed by atoms with van der Waals surface area (Å²) in [5.74, 6) is 0.343. The van der Waals surface area contributed by atoms with Crippen LogP contribution in [-0.2, 0) is 13.0 Å². The van der Waals surface area contributed by atoms with Gasteiger partial charge in [0, 0.05) is 30.6 Å². The summed E-state index contributed by atoms with van der Waals surface area (Å²) < 4.78 is 5.59. The Hall–Kier alpha value is -1.92. The maximum absolute atomic E-state index is 10.9. The van der Waals surface area contributed by atoms with Gasteiger partial charge in [-0.25, -0.2) is 0 Å². The first kappa shape index (κ1) is 14.0. The van der Waals surface area contributed by atoms with E-state index in [1.807, 2.05) is 11.3 Å². The van der Waals surface area contributed by atoms with Crippen LogP contribution in [0.15, 0.2) is 35.7 Å². The second-order valence-corrected chi connectivity index (χ2v) is 5.97. The lowest BCUT2D eigenvalue weighted by Crippen LogP contribution is -2.33. The largest absolute Gasteiger partial charge is 0.485 e. The van der Waals surface area contributed by atoms with E-state index in [0.717, 1.165) is 26.1 Å². The highest BCUT2D eigenvalue weighted by atomic mass is 32.1. The van der Waals surface area contributed by atoms with Gasteiger partial charge in [0.15, 0.2) is 5.75 Å². The van der Waals surface area contributed by atoms with Gasteiger partial charge in [-0.15, -0.1) is 11.3 Å². The van der Waals surface area contributed by atoms with Crippen molar-refractivity contribution in [3.63, 3.8) is 0 Å². The van der Waals surface area contributed by atoms with Gasteiger partial charge in [0.05, 0.1) is 4.92 Å². The summed E-state index contributed by atoms with van der Waals surface area (Å²) in [6.07, 6.45) is 1.08. The van der Waals surface area contributed by atoms with Crippen LogP contribution in [0.25, 0.3) is 0 Å². The highest BCUT2D eigenvalue weighted by molar-refractivity contribution is 7.10. The molecule has 0 amide bonds. The third-order valence-corrected chi connectivity index (χ3v) is 4.64. The van der Waals surface area contributed by atoms with Crippen molar-refractivity contribution in [2.24, 2.45) is 0 Å². The van der Waals surface area contributed by atoms with E-state index in [4.69, 9.17) is 4.74 Å². The molecule has 0 aliphatic carbocycles. The van der Waals surface area contributed by atoms with Crippen molar-refractivity contribution in [3.8, 4) is 5.75 Å². The second-order valence-electron chi connectivity index (χ2n) is 4.97. The van der Waals surface area contributed by atoms with Crippen LogP contribution in [-0.4, -0.2) is 29.5 Å². The zero-order valence-corrected chi connectivity index (χ0v) is 12.3. The van der Waals surface area contributed by atoms with Gasteiger partial charge in [0.1, 0.15) is 6.61 Å². The molecule has 21 heavy (non-hydrogen) atoms. The number of thiophene rings is 1. The predicted molar refractivity (Wildman–Crippen MR) is 81.9 cm³/mol. The zero-order chi connectivity index (χ0) is 14.7. The number of para-hydroxylation sites is 2. The van der Waals surface area contributed by atoms with Gasteiger partial charge in [-0.1, -0.05) is 12.1 Å². The number of hydrogen-bond acceptors (Lipinski definition) is 5. The Labute approximate surface area is 126 Å². The summed E-state index contributed by atoms with van der Waals surface area (Å²) in [5.41, 5.74) is 1.42. The lowest BCUT2D eigenvalue weighted by Gasteiger charge is -2.26. The molecule has 3 rings (SSSR count). The van der Waals surface area contributed by atoms with Crippen molar-refractivity contribution < 1.29 is 9.66 Å². The summed E-state index contributed by atoms with van der Waals surface area (Å²) >= 11 is 1.82. The quantitative estimate of drug-likeness (QED) is 0.629. The number of nitro groups is 1. The van der Waals surface area contributed by atoms with E-state index >= 15 is 0 Å². The molecule has 0 spiro atoms. The van der Waals surface area contributed by atoms with Crippen molar-refractivity contribution in [2.75, 3.05) is 19.7 Å². The maximum atomic E-state index is 10.9. The second kappa shape index (κ2) is 6.24. The van der Waals surface area contributed by atoms with Gasteiger partial charge in [0.2, 0.25) is 0 Å². The number of hydrogen-bond donors (Lipinski definition) is 0. The number of ether oxygens (including phenoxy) is 1. The molecule has 0 saturated heterocycles. The Morgan fingerprint density at radius 1 is 1.33 bits per heavy atom. The smallest absolute Gasteiger partial charge is 0.310 e. The molecule has 1 aliphatic rings. The van der Waals surface area contributed by atoms with Crippen LogP contribution in [0.5, 0.6) is 5.75 Å². The van der Waals surface area contributed by atoms with Gasteiger partial charge in [-0.05, 0) is 29.5 Å². The Morgan fingerprint density at radius 2 is 2.19 bits per heavy atom. The predicted octanol–water partition coefficient (Wildman–Crippen LogP) is 3.09. The Balaban J connectivity index is 1.54. The minimum absolute atomic E-state index is 0.0243. The molecule has 2 heterocycles. The number of fused-ring (bicyclic) bond motifs is 1. The fourth-order valence-corrected chi connectivity index (χ4v) is 3.40. The fourth-order valence-electron chi connectivity index (χ4n) is 2.51. The molecule has 0 N–H and O–H groups in total. The summed E-state index contributed by atoms with van der Waals surface area (Å²) in [7, 11) is 0. The van der Waals surface area contributed by atoms with Gasteiger partial charge in [0.25, 0.3) is 0 Å². The Morgan fingerprint density at radius 3 is 3.05 bits per heavy atom. The van der Waals surface area contributed by atoms with E-state index in [-0.39, 0.29) is 5.69 Å². The van der Waals surface area contributed by atoms with E-state index < -0.39 is 4.92 Å². The van der Waals surface area contributed by atoms with Crippen molar-refractivity contribution in [3.05, 3.63) is 56.3 Å². The van der Waals surface area contributed by atoms with E-state index in [1.165, 1.54) is 16.5 Å². The van der Waals surface area contributed by atoms with Crippen molar-refractivity contribution in [1.82, 2.24) is 4.90 Å². The number of nitrogens with zero attached hydrogens (tertiary/aromatic N) is 2. The molecule has 0 saturated carbocycles. The third-order valence-electron chi connectivity index (χ3n) is 3.61. The average Bonchev–Trinajstić information content (AvgIpc) is 2.95. The van der Waals surface area contributed by atoms with Crippen LogP contribution >= 0.6 is 11.3 Å². The van der Waals surface area contributed by atoms with Gasteiger partial charge < -0.3 is 4.74 Å². The minimum Gasteiger partial charge on any atom is -0.485 e. The molecule has 0 atom stereocenters. The first-order valence-corrected chi connectivity index (χ1v) is 7.76. The molecule has 6 heteroatoms. The molecule has 0 radical (unpaired) electrons. The number of rotatable bonds is 5. The van der Waals surface area contributed by atoms with E-state index in [0.29, 0.717) is 12.4 Å². The van der Waals surface area contributed by atoms with Crippen molar-refractivity contribution in [2.45, 2.75) is 13.0 Å². The van der Waals surface area contributed by atoms with Crippen LogP contribution in [0.4, 0.5) is 5.69 Å². The molecular formula is C15H16N2O3S. The van der Waals surface area contributed by atoms with Crippen LogP contribution < -0.4 is 4.74 Å². The third kappa shape index (κ3) is 3.22. The number of benzene rings is 1. The van der Waals surface area contributed by atoms with Crippen LogP contribution in [0.2, 0.25) is 0 Å². The van der Waals surface area contributed by atoms with Crippen LogP contribution in [0.1, 0.15) is 10.4 Å². The monoisotopic (exact) mass is 304 g/mol. The SMILES string of the molecule is O=[N+]([O-])c1ccccc1OCCN1CCc2sccc2C1. The molecule has 1 aliphatic heterocycles. The topological polar surface area (TPSA) is 55.6 Å². The normalized spacial score (nSPS) is 14.7. The van der Waals surface area contributed by atoms with Crippen molar-refractivity contribution in [1.29, 1.82) is 0 Å².